The van der Waals surface area contributed by atoms with Gasteiger partial charge in [0.2, 0.25) is 0 Å². The van der Waals surface area contributed by atoms with Gasteiger partial charge in [-0.2, -0.15) is 0 Å². The predicted octanol–water partition coefficient (Wildman–Crippen LogP) is -2.62. The number of urea groups is 2. The van der Waals surface area contributed by atoms with Gasteiger partial charge in [-0.3, -0.25) is 20.2 Å². The molecule has 0 aromatic heterocycles. The van der Waals surface area contributed by atoms with E-state index in [-0.39, 0.29) is 0 Å². The smallest absolute Gasteiger partial charge is 0.319 e. The van der Waals surface area contributed by atoms with Crippen LogP contribution in [0.4, 0.5) is 9.59 Å². The zero-order chi connectivity index (χ0) is 9.72. The van der Waals surface area contributed by atoms with Crippen LogP contribution in [0.2, 0.25) is 0 Å². The Hall–Kier alpha value is -2.12. The van der Waals surface area contributed by atoms with E-state index in [2.05, 4.69) is 11.5 Å². The molecule has 0 bridgehead atoms. The minimum absolute atomic E-state index is 1.19. The molecule has 0 aliphatic heterocycles. The average Bonchev–Trinajstić information content (AvgIpc) is 1.84. The van der Waals surface area contributed by atoms with Crippen LogP contribution in [0.3, 0.4) is 0 Å². The van der Waals surface area contributed by atoms with E-state index in [1.54, 1.807) is 0 Å². The molecule has 0 heterocycles. The fourth-order valence-electron chi connectivity index (χ4n) is 0.337. The first-order chi connectivity index (χ1) is 5.43. The van der Waals surface area contributed by atoms with E-state index in [0.717, 1.165) is 0 Å². The molecular formula is C4H6N4O4. The molecule has 0 aromatic carbocycles. The van der Waals surface area contributed by atoms with Gasteiger partial charge in [0.1, 0.15) is 0 Å². The van der Waals surface area contributed by atoms with Crippen molar-refractivity contribution in [3.63, 3.8) is 0 Å². The van der Waals surface area contributed by atoms with Crippen molar-refractivity contribution in [3.05, 3.63) is 0 Å². The fourth-order valence-corrected chi connectivity index (χ4v) is 0.337. The second-order valence-electron chi connectivity index (χ2n) is 1.64. The molecule has 0 atom stereocenters. The highest BCUT2D eigenvalue weighted by molar-refractivity contribution is 6.39. The number of amides is 6. The normalized spacial score (nSPS) is 8.33. The van der Waals surface area contributed by atoms with E-state index >= 15 is 0 Å². The maximum Gasteiger partial charge on any atom is 0.319 e. The van der Waals surface area contributed by atoms with Crippen LogP contribution in [-0.4, -0.2) is 23.9 Å². The Balaban J connectivity index is 4.03. The minimum atomic E-state index is -1.35. The fraction of sp³-hybridized carbons (Fsp3) is 0. The van der Waals surface area contributed by atoms with Crippen LogP contribution in [0.25, 0.3) is 0 Å². The Labute approximate surface area is 66.3 Å². The number of rotatable bonds is 0. The number of hydrogen-bond acceptors (Lipinski definition) is 4. The van der Waals surface area contributed by atoms with Crippen LogP contribution in [-0.2, 0) is 9.59 Å². The van der Waals surface area contributed by atoms with Gasteiger partial charge >= 0.3 is 23.9 Å². The van der Waals surface area contributed by atoms with Gasteiger partial charge in [-0.15, -0.1) is 0 Å². The molecule has 0 fully saturated rings. The van der Waals surface area contributed by atoms with E-state index in [1.807, 2.05) is 0 Å². The number of nitrogens with two attached hydrogens (primary N) is 2. The highest BCUT2D eigenvalue weighted by Gasteiger charge is 2.15. The molecule has 0 unspecified atom stereocenters. The van der Waals surface area contributed by atoms with Crippen molar-refractivity contribution in [1.82, 2.24) is 10.6 Å². The maximum absolute atomic E-state index is 10.5. The lowest BCUT2D eigenvalue weighted by Gasteiger charge is -1.98. The van der Waals surface area contributed by atoms with Crippen LogP contribution in [0.15, 0.2) is 0 Å². The molecular weight excluding hydrogens is 168 g/mol. The first-order valence-electron chi connectivity index (χ1n) is 2.64. The molecule has 8 nitrogen and oxygen atoms in total. The molecule has 8 heteroatoms. The molecule has 12 heavy (non-hydrogen) atoms. The number of carbonyl (C=O) groups excluding carboxylic acids is 4. The summed E-state index contributed by atoms with van der Waals surface area (Å²) in [6, 6.07) is -2.39. The van der Waals surface area contributed by atoms with Crippen molar-refractivity contribution < 1.29 is 19.2 Å². The van der Waals surface area contributed by atoms with Crippen molar-refractivity contribution in [2.45, 2.75) is 0 Å². The molecule has 0 spiro atoms. The van der Waals surface area contributed by atoms with Gasteiger partial charge in [-0.25, -0.2) is 9.59 Å². The van der Waals surface area contributed by atoms with Crippen LogP contribution in [0, 0.1) is 0 Å². The van der Waals surface area contributed by atoms with Crippen LogP contribution < -0.4 is 22.1 Å². The molecule has 0 saturated heterocycles. The number of primary amides is 2. The Morgan fingerprint density at radius 1 is 0.750 bits per heavy atom. The lowest BCUT2D eigenvalue weighted by atomic mass is 10.5. The summed E-state index contributed by atoms with van der Waals surface area (Å²) in [7, 11) is 0. The van der Waals surface area contributed by atoms with Crippen molar-refractivity contribution in [3.8, 4) is 0 Å². The molecule has 6 N–H and O–H groups in total. The standard InChI is InChI=1S/C4H6N4O4/c5-3(11)7-1(9)2(10)8-4(6)12/h(H3,5,7,9,11)(H3,6,8,10,12). The molecule has 0 saturated carbocycles. The molecule has 0 aliphatic carbocycles. The van der Waals surface area contributed by atoms with Crippen molar-refractivity contribution in [1.29, 1.82) is 0 Å². The quantitative estimate of drug-likeness (QED) is 0.298. The zero-order valence-electron chi connectivity index (χ0n) is 5.79. The minimum Gasteiger partial charge on any atom is -0.351 e. The number of hydrogen-bond donors (Lipinski definition) is 4. The van der Waals surface area contributed by atoms with Gasteiger partial charge in [0.05, 0.1) is 0 Å². The number of nitrogens with one attached hydrogen (secondary N) is 2. The molecule has 0 aliphatic rings. The Morgan fingerprint density at radius 2 is 1.00 bits per heavy atom. The van der Waals surface area contributed by atoms with Crippen LogP contribution >= 0.6 is 0 Å². The summed E-state index contributed by atoms with van der Waals surface area (Å²) in [6.45, 7) is 0. The molecule has 66 valence electrons. The third kappa shape index (κ3) is 3.82. The van der Waals surface area contributed by atoms with Crippen molar-refractivity contribution in [2.24, 2.45) is 11.5 Å². The second kappa shape index (κ2) is 3.91. The summed E-state index contributed by atoms with van der Waals surface area (Å²) in [5, 5.41) is 2.86. The highest BCUT2D eigenvalue weighted by atomic mass is 16.2. The van der Waals surface area contributed by atoms with Crippen molar-refractivity contribution in [2.75, 3.05) is 0 Å². The average molecular weight is 174 g/mol. The van der Waals surface area contributed by atoms with Gasteiger partial charge in [-0.1, -0.05) is 0 Å². The third-order valence-electron chi connectivity index (χ3n) is 0.680. The SMILES string of the molecule is NC(=O)NC(=O)C(=O)NC(N)=O. The predicted molar refractivity (Wildman–Crippen MR) is 35.5 cm³/mol. The number of carbonyl (C=O) groups is 4. The first-order valence-corrected chi connectivity index (χ1v) is 2.64. The van der Waals surface area contributed by atoms with Crippen LogP contribution in [0.1, 0.15) is 0 Å². The summed E-state index contributed by atoms with van der Waals surface area (Å²) in [6.07, 6.45) is 0. The van der Waals surface area contributed by atoms with Gasteiger partial charge in [0.25, 0.3) is 0 Å². The molecule has 0 aromatic rings. The first kappa shape index (κ1) is 9.88. The summed E-state index contributed by atoms with van der Waals surface area (Å²) in [5.74, 6) is -2.69. The maximum atomic E-state index is 10.5. The highest BCUT2D eigenvalue weighted by Crippen LogP contribution is 1.67. The second-order valence-corrected chi connectivity index (χ2v) is 1.64. The zero-order valence-corrected chi connectivity index (χ0v) is 5.79. The summed E-state index contributed by atoms with van der Waals surface area (Å²) in [5.41, 5.74) is 8.99. The summed E-state index contributed by atoms with van der Waals surface area (Å²) < 4.78 is 0. The number of imide groups is 2. The van der Waals surface area contributed by atoms with Crippen LogP contribution in [0.5, 0.6) is 0 Å². The van der Waals surface area contributed by atoms with E-state index in [1.165, 1.54) is 10.6 Å². The topological polar surface area (TPSA) is 144 Å². The van der Waals surface area contributed by atoms with Gasteiger partial charge in [0.15, 0.2) is 0 Å². The lowest BCUT2D eigenvalue weighted by Crippen LogP contribution is -2.47. The Morgan fingerprint density at radius 3 is 1.17 bits per heavy atom. The summed E-state index contributed by atoms with van der Waals surface area (Å²) >= 11 is 0. The molecule has 0 rings (SSSR count). The van der Waals surface area contributed by atoms with Gasteiger partial charge in [-0.05, 0) is 0 Å². The Kier molecular flexibility index (Phi) is 3.22. The van der Waals surface area contributed by atoms with Gasteiger partial charge < -0.3 is 11.5 Å². The van der Waals surface area contributed by atoms with Gasteiger partial charge in [0, 0.05) is 0 Å². The Bertz CT molecular complexity index is 221. The third-order valence-corrected chi connectivity index (χ3v) is 0.680. The lowest BCUT2D eigenvalue weighted by molar-refractivity contribution is -0.137. The van der Waals surface area contributed by atoms with E-state index in [9.17, 15) is 19.2 Å². The van der Waals surface area contributed by atoms with E-state index < -0.39 is 23.9 Å². The monoisotopic (exact) mass is 174 g/mol. The summed E-state index contributed by atoms with van der Waals surface area (Å²) in [4.78, 5) is 40.9. The van der Waals surface area contributed by atoms with E-state index in [4.69, 9.17) is 0 Å². The molecule has 6 amide bonds. The van der Waals surface area contributed by atoms with Crippen molar-refractivity contribution >= 4 is 23.9 Å². The largest absolute Gasteiger partial charge is 0.351 e. The molecule has 0 radical (unpaired) electrons. The van der Waals surface area contributed by atoms with E-state index in [0.29, 0.717) is 0 Å².